The maximum absolute atomic E-state index is 12.3. The van der Waals surface area contributed by atoms with Crippen LogP contribution in [-0.4, -0.2) is 37.5 Å². The van der Waals surface area contributed by atoms with Gasteiger partial charge >= 0.3 is 0 Å². The number of halogens is 1. The molecule has 0 spiro atoms. The molecule has 140 valence electrons. The van der Waals surface area contributed by atoms with Crippen molar-refractivity contribution in [3.8, 4) is 17.1 Å². The summed E-state index contributed by atoms with van der Waals surface area (Å²) in [4.78, 5) is 16.5. The van der Waals surface area contributed by atoms with Crippen LogP contribution < -0.4 is 5.32 Å². The minimum absolute atomic E-state index is 0.00451. The van der Waals surface area contributed by atoms with E-state index < -0.39 is 0 Å². The van der Waals surface area contributed by atoms with E-state index in [1.54, 1.807) is 12.4 Å². The van der Waals surface area contributed by atoms with Gasteiger partial charge in [0, 0.05) is 34.7 Å². The Bertz CT molecular complexity index is 898. The summed E-state index contributed by atoms with van der Waals surface area (Å²) in [5.74, 6) is 0.684. The third kappa shape index (κ3) is 4.75. The molecule has 8 heteroatoms. The van der Waals surface area contributed by atoms with Gasteiger partial charge in [-0.3, -0.25) is 14.3 Å². The molecule has 3 rings (SSSR count). The molecule has 0 unspecified atom stereocenters. The van der Waals surface area contributed by atoms with E-state index in [1.165, 1.54) is 11.8 Å². The molecule has 0 bridgehead atoms. The molecule has 27 heavy (non-hydrogen) atoms. The first-order valence-electron chi connectivity index (χ1n) is 8.66. The SMILES string of the molecule is CCCNC(=O)[C@H](C)Sc1nnc(-c2cccnc2)n1-c1ccc(Br)cc1. The molecule has 2 heterocycles. The Morgan fingerprint density at radius 1 is 1.26 bits per heavy atom. The highest BCUT2D eigenvalue weighted by Gasteiger charge is 2.21. The molecular weight excluding hydrogens is 426 g/mol. The van der Waals surface area contributed by atoms with Gasteiger partial charge in [0.25, 0.3) is 0 Å². The number of aromatic nitrogens is 4. The van der Waals surface area contributed by atoms with Crippen molar-refractivity contribution >= 4 is 33.6 Å². The van der Waals surface area contributed by atoms with Crippen LogP contribution in [0.3, 0.4) is 0 Å². The largest absolute Gasteiger partial charge is 0.355 e. The summed E-state index contributed by atoms with van der Waals surface area (Å²) in [6.45, 7) is 4.58. The monoisotopic (exact) mass is 445 g/mol. The first kappa shape index (κ1) is 19.6. The summed E-state index contributed by atoms with van der Waals surface area (Å²) in [6.07, 6.45) is 4.38. The highest BCUT2D eigenvalue weighted by Crippen LogP contribution is 2.30. The van der Waals surface area contributed by atoms with E-state index in [0.29, 0.717) is 17.5 Å². The van der Waals surface area contributed by atoms with Gasteiger partial charge in [0.15, 0.2) is 11.0 Å². The summed E-state index contributed by atoms with van der Waals surface area (Å²) in [5.41, 5.74) is 1.79. The van der Waals surface area contributed by atoms with Crippen LogP contribution >= 0.6 is 27.7 Å². The predicted molar refractivity (Wildman–Crippen MR) is 111 cm³/mol. The minimum atomic E-state index is -0.281. The molecule has 1 atom stereocenters. The lowest BCUT2D eigenvalue weighted by Gasteiger charge is -2.13. The van der Waals surface area contributed by atoms with Crippen molar-refractivity contribution in [1.29, 1.82) is 0 Å². The van der Waals surface area contributed by atoms with Crippen molar-refractivity contribution in [3.63, 3.8) is 0 Å². The van der Waals surface area contributed by atoms with Crippen molar-refractivity contribution < 1.29 is 4.79 Å². The van der Waals surface area contributed by atoms with E-state index in [0.717, 1.165) is 22.1 Å². The second-order valence-electron chi connectivity index (χ2n) is 5.91. The molecule has 2 aromatic heterocycles. The van der Waals surface area contributed by atoms with Gasteiger partial charge in [-0.05, 0) is 49.7 Å². The molecule has 0 fully saturated rings. The van der Waals surface area contributed by atoms with Gasteiger partial charge in [0.1, 0.15) is 0 Å². The van der Waals surface area contributed by atoms with Gasteiger partial charge in [-0.1, -0.05) is 34.6 Å². The number of carbonyl (C=O) groups excluding carboxylic acids is 1. The summed E-state index contributed by atoms with van der Waals surface area (Å²) in [6, 6.07) is 11.7. The molecule has 0 saturated carbocycles. The third-order valence-corrected chi connectivity index (χ3v) is 5.41. The van der Waals surface area contributed by atoms with Crippen LogP contribution in [0.25, 0.3) is 17.1 Å². The Labute approximate surface area is 170 Å². The third-order valence-electron chi connectivity index (χ3n) is 3.84. The second kappa shape index (κ2) is 9.14. The number of carbonyl (C=O) groups is 1. The van der Waals surface area contributed by atoms with Crippen LogP contribution in [-0.2, 0) is 4.79 Å². The van der Waals surface area contributed by atoms with Crippen LogP contribution in [0.15, 0.2) is 58.4 Å². The number of amides is 1. The maximum atomic E-state index is 12.3. The van der Waals surface area contributed by atoms with E-state index >= 15 is 0 Å². The normalized spacial score (nSPS) is 12.0. The molecule has 0 radical (unpaired) electrons. The fourth-order valence-corrected chi connectivity index (χ4v) is 3.61. The van der Waals surface area contributed by atoms with Gasteiger partial charge in [-0.25, -0.2) is 0 Å². The van der Waals surface area contributed by atoms with Crippen LogP contribution in [0.2, 0.25) is 0 Å². The average Bonchev–Trinajstić information content (AvgIpc) is 3.10. The number of rotatable bonds is 7. The van der Waals surface area contributed by atoms with Gasteiger partial charge in [-0.15, -0.1) is 10.2 Å². The van der Waals surface area contributed by atoms with E-state index in [4.69, 9.17) is 0 Å². The zero-order chi connectivity index (χ0) is 19.2. The Morgan fingerprint density at radius 3 is 2.70 bits per heavy atom. The molecular formula is C19H20BrN5OS. The topological polar surface area (TPSA) is 72.7 Å². The van der Waals surface area contributed by atoms with Crippen molar-refractivity contribution in [2.75, 3.05) is 6.54 Å². The zero-order valence-electron chi connectivity index (χ0n) is 15.1. The summed E-state index contributed by atoms with van der Waals surface area (Å²) in [5, 5.41) is 12.0. The zero-order valence-corrected chi connectivity index (χ0v) is 17.5. The van der Waals surface area contributed by atoms with Crippen LogP contribution in [0, 0.1) is 0 Å². The Kier molecular flexibility index (Phi) is 6.63. The second-order valence-corrected chi connectivity index (χ2v) is 8.13. The molecule has 3 aromatic rings. The van der Waals surface area contributed by atoms with Gasteiger partial charge in [0.05, 0.1) is 5.25 Å². The van der Waals surface area contributed by atoms with E-state index in [2.05, 4.69) is 36.4 Å². The molecule has 0 aliphatic rings. The minimum Gasteiger partial charge on any atom is -0.355 e. The van der Waals surface area contributed by atoms with Crippen LogP contribution in [0.1, 0.15) is 20.3 Å². The number of hydrogen-bond donors (Lipinski definition) is 1. The van der Waals surface area contributed by atoms with Gasteiger partial charge in [0.2, 0.25) is 5.91 Å². The van der Waals surface area contributed by atoms with E-state index in [9.17, 15) is 4.79 Å². The Hall–Kier alpha value is -2.19. The lowest BCUT2D eigenvalue weighted by Crippen LogP contribution is -2.31. The van der Waals surface area contributed by atoms with E-state index in [-0.39, 0.29) is 11.2 Å². The number of nitrogens with one attached hydrogen (secondary N) is 1. The highest BCUT2D eigenvalue weighted by molar-refractivity contribution is 9.10. The quantitative estimate of drug-likeness (QED) is 0.554. The average molecular weight is 446 g/mol. The summed E-state index contributed by atoms with van der Waals surface area (Å²) < 4.78 is 2.95. The lowest BCUT2D eigenvalue weighted by molar-refractivity contribution is -0.120. The summed E-state index contributed by atoms with van der Waals surface area (Å²) in [7, 11) is 0. The summed E-state index contributed by atoms with van der Waals surface area (Å²) >= 11 is 4.85. The highest BCUT2D eigenvalue weighted by atomic mass is 79.9. The van der Waals surface area contributed by atoms with Crippen LogP contribution in [0.4, 0.5) is 0 Å². The first-order valence-corrected chi connectivity index (χ1v) is 10.3. The van der Waals surface area contributed by atoms with Gasteiger partial charge < -0.3 is 5.32 Å². The van der Waals surface area contributed by atoms with E-state index in [1.807, 2.05) is 54.8 Å². The predicted octanol–water partition coefficient (Wildman–Crippen LogP) is 4.10. The molecule has 0 saturated heterocycles. The molecule has 6 nitrogen and oxygen atoms in total. The van der Waals surface area contributed by atoms with Crippen LogP contribution in [0.5, 0.6) is 0 Å². The molecule has 1 amide bonds. The molecule has 1 N–H and O–H groups in total. The standard InChI is InChI=1S/C19H20BrN5OS/c1-3-10-22-18(26)13(2)27-19-24-23-17(14-5-4-11-21-12-14)25(19)16-8-6-15(20)7-9-16/h4-9,11-13H,3,10H2,1-2H3,(H,22,26)/t13-/m0/s1. The van der Waals surface area contributed by atoms with Crippen molar-refractivity contribution in [1.82, 2.24) is 25.1 Å². The number of thioether (sulfide) groups is 1. The van der Waals surface area contributed by atoms with Crippen molar-refractivity contribution in [2.45, 2.75) is 30.7 Å². The number of benzene rings is 1. The van der Waals surface area contributed by atoms with Crippen molar-refractivity contribution in [3.05, 3.63) is 53.3 Å². The first-order chi connectivity index (χ1) is 13.1. The Balaban J connectivity index is 1.98. The number of hydrogen-bond acceptors (Lipinski definition) is 5. The molecule has 0 aliphatic heterocycles. The number of pyridine rings is 1. The fourth-order valence-electron chi connectivity index (χ4n) is 2.45. The smallest absolute Gasteiger partial charge is 0.233 e. The fraction of sp³-hybridized carbons (Fsp3) is 0.263. The maximum Gasteiger partial charge on any atom is 0.233 e. The molecule has 1 aromatic carbocycles. The Morgan fingerprint density at radius 2 is 2.04 bits per heavy atom. The molecule has 0 aliphatic carbocycles. The van der Waals surface area contributed by atoms with Crippen molar-refractivity contribution in [2.24, 2.45) is 0 Å². The lowest BCUT2D eigenvalue weighted by atomic mass is 10.2. The van der Waals surface area contributed by atoms with Gasteiger partial charge in [-0.2, -0.15) is 0 Å². The number of nitrogens with zero attached hydrogens (tertiary/aromatic N) is 4.